The molecule has 1 aromatic heterocycles. The van der Waals surface area contributed by atoms with Gasteiger partial charge in [-0.05, 0) is 20.4 Å². The highest BCUT2D eigenvalue weighted by Crippen LogP contribution is 2.19. The van der Waals surface area contributed by atoms with Crippen molar-refractivity contribution in [3.05, 3.63) is 18.1 Å². The summed E-state index contributed by atoms with van der Waals surface area (Å²) in [5, 5.41) is 3.22. The summed E-state index contributed by atoms with van der Waals surface area (Å²) in [6.45, 7) is 7.06. The molecule has 0 aliphatic rings. The van der Waals surface area contributed by atoms with E-state index in [2.05, 4.69) is 36.1 Å². The van der Waals surface area contributed by atoms with Crippen LogP contribution in [0.5, 0.6) is 5.88 Å². The smallest absolute Gasteiger partial charge is 0.216 e. The Kier molecular flexibility index (Phi) is 5.19. The Hall–Kier alpha value is -1.16. The van der Waals surface area contributed by atoms with Crippen molar-refractivity contribution in [2.24, 2.45) is 0 Å². The third-order valence-electron chi connectivity index (χ3n) is 2.79. The van der Waals surface area contributed by atoms with Crippen LogP contribution >= 0.6 is 0 Å². The van der Waals surface area contributed by atoms with Crippen molar-refractivity contribution in [1.82, 2.24) is 15.3 Å². The summed E-state index contributed by atoms with van der Waals surface area (Å²) in [5.41, 5.74) is 1.02. The molecule has 1 rings (SSSR count). The van der Waals surface area contributed by atoms with Crippen LogP contribution in [0.4, 0.5) is 0 Å². The van der Waals surface area contributed by atoms with E-state index in [0.29, 0.717) is 24.4 Å². The van der Waals surface area contributed by atoms with E-state index in [0.717, 1.165) is 12.1 Å². The van der Waals surface area contributed by atoms with Gasteiger partial charge in [0.05, 0.1) is 12.3 Å². The molecular formula is C12H21N3O. The Morgan fingerprint density at radius 1 is 1.38 bits per heavy atom. The van der Waals surface area contributed by atoms with Crippen molar-refractivity contribution >= 4 is 0 Å². The molecule has 0 fully saturated rings. The van der Waals surface area contributed by atoms with Crippen molar-refractivity contribution in [3.8, 4) is 5.88 Å². The first-order valence-corrected chi connectivity index (χ1v) is 5.81. The number of likely N-dealkylation sites (N-methyl/N-ethyl adjacent to an activating group) is 1. The molecule has 4 nitrogen and oxygen atoms in total. The van der Waals surface area contributed by atoms with Crippen molar-refractivity contribution in [2.45, 2.75) is 39.2 Å². The second-order valence-electron chi connectivity index (χ2n) is 4.00. The van der Waals surface area contributed by atoms with E-state index in [1.165, 1.54) is 0 Å². The highest BCUT2D eigenvalue weighted by molar-refractivity contribution is 5.17. The van der Waals surface area contributed by atoms with Crippen molar-refractivity contribution < 1.29 is 4.74 Å². The quantitative estimate of drug-likeness (QED) is 0.801. The highest BCUT2D eigenvalue weighted by Gasteiger charge is 2.14. The lowest BCUT2D eigenvalue weighted by atomic mass is 10.00. The van der Waals surface area contributed by atoms with Crippen LogP contribution in [0, 0.1) is 0 Å². The number of hydrogen-bond acceptors (Lipinski definition) is 4. The average molecular weight is 223 g/mol. The summed E-state index contributed by atoms with van der Waals surface area (Å²) in [7, 11) is 1.96. The molecule has 0 saturated heterocycles. The van der Waals surface area contributed by atoms with E-state index in [9.17, 15) is 0 Å². The topological polar surface area (TPSA) is 47.0 Å². The fourth-order valence-corrected chi connectivity index (χ4v) is 1.39. The number of rotatable bonds is 6. The van der Waals surface area contributed by atoms with E-state index in [4.69, 9.17) is 4.74 Å². The van der Waals surface area contributed by atoms with Gasteiger partial charge in [-0.25, -0.2) is 9.97 Å². The first-order valence-electron chi connectivity index (χ1n) is 5.81. The maximum atomic E-state index is 5.49. The predicted octanol–water partition coefficient (Wildman–Crippen LogP) is 1.98. The van der Waals surface area contributed by atoms with Crippen LogP contribution in [0.25, 0.3) is 0 Å². The van der Waals surface area contributed by atoms with Crippen molar-refractivity contribution in [3.63, 3.8) is 0 Å². The van der Waals surface area contributed by atoms with Crippen LogP contribution < -0.4 is 10.1 Å². The van der Waals surface area contributed by atoms with Gasteiger partial charge in [-0.1, -0.05) is 13.8 Å². The molecule has 0 spiro atoms. The molecule has 16 heavy (non-hydrogen) atoms. The zero-order chi connectivity index (χ0) is 12.0. The minimum Gasteiger partial charge on any atom is -0.478 e. The standard InChI is InChI=1S/C12H21N3O/c1-5-6-16-12-7-11(14-8-15-12)9(2)10(3)13-4/h7-10,13H,5-6H2,1-4H3. The van der Waals surface area contributed by atoms with Gasteiger partial charge in [0.2, 0.25) is 5.88 Å². The molecule has 0 aliphatic heterocycles. The molecule has 2 atom stereocenters. The number of nitrogens with zero attached hydrogens (tertiary/aromatic N) is 2. The normalized spacial score (nSPS) is 14.5. The van der Waals surface area contributed by atoms with Crippen LogP contribution in [0.15, 0.2) is 12.4 Å². The molecule has 0 aromatic carbocycles. The molecule has 0 amide bonds. The molecule has 1 aromatic rings. The van der Waals surface area contributed by atoms with Gasteiger partial charge in [0.15, 0.2) is 0 Å². The fraction of sp³-hybridized carbons (Fsp3) is 0.667. The zero-order valence-electron chi connectivity index (χ0n) is 10.5. The highest BCUT2D eigenvalue weighted by atomic mass is 16.5. The van der Waals surface area contributed by atoms with Crippen LogP contribution in [0.1, 0.15) is 38.8 Å². The van der Waals surface area contributed by atoms with Crippen molar-refractivity contribution in [1.29, 1.82) is 0 Å². The van der Waals surface area contributed by atoms with Gasteiger partial charge in [-0.3, -0.25) is 0 Å². The number of hydrogen-bond donors (Lipinski definition) is 1. The van der Waals surface area contributed by atoms with Crippen LogP contribution in [0.3, 0.4) is 0 Å². The number of aromatic nitrogens is 2. The SMILES string of the molecule is CCCOc1cc(C(C)C(C)NC)ncn1. The van der Waals surface area contributed by atoms with E-state index < -0.39 is 0 Å². The second-order valence-corrected chi connectivity index (χ2v) is 4.00. The third-order valence-corrected chi connectivity index (χ3v) is 2.79. The summed E-state index contributed by atoms with van der Waals surface area (Å²) in [5.74, 6) is 1.01. The molecule has 1 N–H and O–H groups in total. The van der Waals surface area contributed by atoms with Gasteiger partial charge in [0.25, 0.3) is 0 Å². The largest absolute Gasteiger partial charge is 0.478 e. The lowest BCUT2D eigenvalue weighted by Crippen LogP contribution is -2.27. The molecule has 0 aliphatic carbocycles. The van der Waals surface area contributed by atoms with Gasteiger partial charge >= 0.3 is 0 Å². The molecule has 1 heterocycles. The van der Waals surface area contributed by atoms with Crippen LogP contribution in [-0.4, -0.2) is 29.7 Å². The molecule has 4 heteroatoms. The van der Waals surface area contributed by atoms with E-state index >= 15 is 0 Å². The Morgan fingerprint density at radius 3 is 2.75 bits per heavy atom. The Balaban J connectivity index is 2.73. The van der Waals surface area contributed by atoms with E-state index in [1.807, 2.05) is 13.1 Å². The van der Waals surface area contributed by atoms with Crippen LogP contribution in [0.2, 0.25) is 0 Å². The minimum atomic E-state index is 0.344. The van der Waals surface area contributed by atoms with E-state index in [-0.39, 0.29) is 0 Å². The van der Waals surface area contributed by atoms with Gasteiger partial charge in [-0.2, -0.15) is 0 Å². The Labute approximate surface area is 97.5 Å². The number of nitrogens with one attached hydrogen (secondary N) is 1. The summed E-state index contributed by atoms with van der Waals surface area (Å²) in [6.07, 6.45) is 2.56. The lowest BCUT2D eigenvalue weighted by molar-refractivity contribution is 0.303. The van der Waals surface area contributed by atoms with Crippen molar-refractivity contribution in [2.75, 3.05) is 13.7 Å². The van der Waals surface area contributed by atoms with Gasteiger partial charge < -0.3 is 10.1 Å². The molecule has 0 saturated carbocycles. The van der Waals surface area contributed by atoms with Gasteiger partial charge in [0, 0.05) is 18.0 Å². The first kappa shape index (κ1) is 12.9. The molecule has 0 radical (unpaired) electrons. The minimum absolute atomic E-state index is 0.344. The third kappa shape index (κ3) is 3.45. The monoisotopic (exact) mass is 223 g/mol. The maximum absolute atomic E-state index is 5.49. The van der Waals surface area contributed by atoms with Gasteiger partial charge in [0.1, 0.15) is 6.33 Å². The second kappa shape index (κ2) is 6.43. The Morgan fingerprint density at radius 2 is 2.12 bits per heavy atom. The summed E-state index contributed by atoms with van der Waals surface area (Å²) < 4.78 is 5.49. The van der Waals surface area contributed by atoms with E-state index in [1.54, 1.807) is 6.33 Å². The molecule has 2 unspecified atom stereocenters. The summed E-state index contributed by atoms with van der Waals surface area (Å²) in [6, 6.07) is 2.31. The summed E-state index contributed by atoms with van der Waals surface area (Å²) in [4.78, 5) is 8.38. The number of ether oxygens (including phenoxy) is 1. The molecule has 0 bridgehead atoms. The lowest BCUT2D eigenvalue weighted by Gasteiger charge is -2.18. The zero-order valence-corrected chi connectivity index (χ0v) is 10.5. The maximum Gasteiger partial charge on any atom is 0.216 e. The van der Waals surface area contributed by atoms with Gasteiger partial charge in [-0.15, -0.1) is 0 Å². The predicted molar refractivity (Wildman–Crippen MR) is 64.8 cm³/mol. The molecule has 90 valence electrons. The molecular weight excluding hydrogens is 202 g/mol. The van der Waals surface area contributed by atoms with Crippen LogP contribution in [-0.2, 0) is 0 Å². The first-order chi connectivity index (χ1) is 7.69. The Bertz CT molecular complexity index is 317. The average Bonchev–Trinajstić information content (AvgIpc) is 2.34. The fourth-order valence-electron chi connectivity index (χ4n) is 1.39. The summed E-state index contributed by atoms with van der Waals surface area (Å²) >= 11 is 0.